The second-order valence-corrected chi connectivity index (χ2v) is 2.60. The fourth-order valence-electron chi connectivity index (χ4n) is 1.03. The summed E-state index contributed by atoms with van der Waals surface area (Å²) in [5.74, 6) is -0.126. The highest BCUT2D eigenvalue weighted by Crippen LogP contribution is 2.15. The summed E-state index contributed by atoms with van der Waals surface area (Å²) in [6, 6.07) is 1.67. The van der Waals surface area contributed by atoms with Crippen LogP contribution in [0.3, 0.4) is 0 Å². The highest BCUT2D eigenvalue weighted by molar-refractivity contribution is 5.84. The van der Waals surface area contributed by atoms with Crippen LogP contribution >= 0.6 is 0 Å². The van der Waals surface area contributed by atoms with Gasteiger partial charge in [-0.25, -0.2) is 9.78 Å². The Morgan fingerprint density at radius 3 is 3.21 bits per heavy atom. The molecule has 0 spiro atoms. The van der Waals surface area contributed by atoms with Gasteiger partial charge in [0.1, 0.15) is 5.75 Å². The molecule has 0 aliphatic rings. The van der Waals surface area contributed by atoms with Crippen LogP contribution in [-0.4, -0.2) is 21.2 Å². The number of aromatic amines is 1. The number of rotatable bonds is 2. The Balaban J connectivity index is 2.34. The fourth-order valence-corrected chi connectivity index (χ4v) is 1.03. The maximum atomic E-state index is 10.9. The third-order valence-corrected chi connectivity index (χ3v) is 1.65. The number of hydrogen-bond acceptors (Lipinski definition) is 4. The van der Waals surface area contributed by atoms with Crippen molar-refractivity contribution in [1.29, 1.82) is 0 Å². The highest BCUT2D eigenvalue weighted by Gasteiger charge is 2.02. The molecule has 0 aliphatic heterocycles. The van der Waals surface area contributed by atoms with Crippen LogP contribution in [0, 0.1) is 0 Å². The van der Waals surface area contributed by atoms with E-state index < -0.39 is 5.97 Å². The first-order chi connectivity index (χ1) is 6.79. The van der Waals surface area contributed by atoms with E-state index in [9.17, 15) is 4.79 Å². The van der Waals surface area contributed by atoms with Gasteiger partial charge in [0, 0.05) is 11.5 Å². The van der Waals surface area contributed by atoms with Crippen LogP contribution in [0.25, 0.3) is 11.0 Å². The molecule has 0 radical (unpaired) electrons. The molecular formula is C9H7N3O2. The molecule has 70 valence electrons. The molecule has 0 aromatic carbocycles. The highest BCUT2D eigenvalue weighted by atomic mass is 16.5. The molecular weight excluding hydrogens is 182 g/mol. The SMILES string of the molecule is C=CC(=O)Oc1cnc2[nH]ncc2c1. The van der Waals surface area contributed by atoms with Gasteiger partial charge in [-0.2, -0.15) is 5.10 Å². The van der Waals surface area contributed by atoms with Gasteiger partial charge in [0.2, 0.25) is 0 Å². The molecule has 0 saturated heterocycles. The molecule has 0 bridgehead atoms. The summed E-state index contributed by atoms with van der Waals surface area (Å²) in [6.45, 7) is 3.30. The molecule has 2 rings (SSSR count). The predicted molar refractivity (Wildman–Crippen MR) is 49.7 cm³/mol. The maximum absolute atomic E-state index is 10.9. The van der Waals surface area contributed by atoms with E-state index in [1.165, 1.54) is 6.20 Å². The number of nitrogens with zero attached hydrogens (tertiary/aromatic N) is 2. The lowest BCUT2D eigenvalue weighted by molar-refractivity contribution is -0.128. The average Bonchev–Trinajstić information content (AvgIpc) is 2.64. The number of hydrogen-bond donors (Lipinski definition) is 1. The molecule has 1 N–H and O–H groups in total. The van der Waals surface area contributed by atoms with Crippen LogP contribution in [-0.2, 0) is 4.79 Å². The fraction of sp³-hybridized carbons (Fsp3) is 0. The summed E-state index contributed by atoms with van der Waals surface area (Å²) in [6.07, 6.45) is 4.15. The van der Waals surface area contributed by atoms with Gasteiger partial charge in [0.25, 0.3) is 0 Å². The van der Waals surface area contributed by atoms with Crippen molar-refractivity contribution in [3.05, 3.63) is 31.1 Å². The first-order valence-corrected chi connectivity index (χ1v) is 3.93. The van der Waals surface area contributed by atoms with Crippen molar-refractivity contribution in [2.24, 2.45) is 0 Å². The maximum Gasteiger partial charge on any atom is 0.335 e. The molecule has 0 saturated carbocycles. The monoisotopic (exact) mass is 189 g/mol. The van der Waals surface area contributed by atoms with Crippen molar-refractivity contribution < 1.29 is 9.53 Å². The molecule has 2 aromatic rings. The van der Waals surface area contributed by atoms with E-state index in [4.69, 9.17) is 4.74 Å². The van der Waals surface area contributed by atoms with Crippen molar-refractivity contribution in [2.45, 2.75) is 0 Å². The summed E-state index contributed by atoms with van der Waals surface area (Å²) in [4.78, 5) is 14.9. The van der Waals surface area contributed by atoms with Crippen LogP contribution in [0.5, 0.6) is 5.75 Å². The normalized spacial score (nSPS) is 10.0. The first kappa shape index (κ1) is 8.43. The number of pyridine rings is 1. The lowest BCUT2D eigenvalue weighted by atomic mass is 10.3. The third kappa shape index (κ3) is 1.47. The predicted octanol–water partition coefficient (Wildman–Crippen LogP) is 1.05. The molecule has 0 aliphatic carbocycles. The minimum Gasteiger partial charge on any atom is -0.422 e. The van der Waals surface area contributed by atoms with Gasteiger partial charge < -0.3 is 4.74 Å². The van der Waals surface area contributed by atoms with Crippen molar-refractivity contribution in [3.63, 3.8) is 0 Å². The summed E-state index contributed by atoms with van der Waals surface area (Å²) in [5.41, 5.74) is 0.656. The number of ether oxygens (including phenoxy) is 1. The Labute approximate surface area is 79.4 Å². The van der Waals surface area contributed by atoms with Crippen LogP contribution in [0.15, 0.2) is 31.1 Å². The molecule has 0 unspecified atom stereocenters. The van der Waals surface area contributed by atoms with Crippen LogP contribution in [0.1, 0.15) is 0 Å². The summed E-state index contributed by atoms with van der Waals surface area (Å²) in [7, 11) is 0. The van der Waals surface area contributed by atoms with Gasteiger partial charge >= 0.3 is 5.97 Å². The van der Waals surface area contributed by atoms with Gasteiger partial charge in [-0.05, 0) is 6.07 Å². The molecule has 0 atom stereocenters. The van der Waals surface area contributed by atoms with Crippen molar-refractivity contribution in [3.8, 4) is 5.75 Å². The van der Waals surface area contributed by atoms with Gasteiger partial charge in [0.05, 0.1) is 12.4 Å². The number of fused-ring (bicyclic) bond motifs is 1. The zero-order chi connectivity index (χ0) is 9.97. The van der Waals surface area contributed by atoms with E-state index in [1.807, 2.05) is 0 Å². The summed E-state index contributed by atoms with van der Waals surface area (Å²) < 4.78 is 4.88. The van der Waals surface area contributed by atoms with Crippen molar-refractivity contribution in [2.75, 3.05) is 0 Å². The first-order valence-electron chi connectivity index (χ1n) is 3.93. The summed E-state index contributed by atoms with van der Waals surface area (Å²) >= 11 is 0. The largest absolute Gasteiger partial charge is 0.422 e. The smallest absolute Gasteiger partial charge is 0.335 e. The lowest BCUT2D eigenvalue weighted by Crippen LogP contribution is -2.03. The van der Waals surface area contributed by atoms with Crippen LogP contribution in [0.2, 0.25) is 0 Å². The van der Waals surface area contributed by atoms with E-state index in [-0.39, 0.29) is 0 Å². The van der Waals surface area contributed by atoms with Gasteiger partial charge in [-0.3, -0.25) is 5.10 Å². The molecule has 2 heterocycles. The van der Waals surface area contributed by atoms with E-state index in [2.05, 4.69) is 21.8 Å². The van der Waals surface area contributed by atoms with E-state index >= 15 is 0 Å². The van der Waals surface area contributed by atoms with E-state index in [0.717, 1.165) is 11.5 Å². The number of carbonyl (C=O) groups is 1. The van der Waals surface area contributed by atoms with E-state index in [1.54, 1.807) is 12.3 Å². The third-order valence-electron chi connectivity index (χ3n) is 1.65. The number of H-pyrrole nitrogens is 1. The topological polar surface area (TPSA) is 67.9 Å². The number of esters is 1. The number of aromatic nitrogens is 3. The quantitative estimate of drug-likeness (QED) is 0.566. The molecule has 0 fully saturated rings. The Kier molecular flexibility index (Phi) is 1.98. The Bertz CT molecular complexity index is 490. The second-order valence-electron chi connectivity index (χ2n) is 2.60. The Hall–Kier alpha value is -2.17. The lowest BCUT2D eigenvalue weighted by Gasteiger charge is -1.99. The minimum absolute atomic E-state index is 0.379. The molecule has 5 heteroatoms. The van der Waals surface area contributed by atoms with Gasteiger partial charge in [-0.15, -0.1) is 0 Å². The Morgan fingerprint density at radius 1 is 1.57 bits per heavy atom. The van der Waals surface area contributed by atoms with E-state index in [0.29, 0.717) is 11.4 Å². The Morgan fingerprint density at radius 2 is 2.43 bits per heavy atom. The molecule has 0 amide bonds. The zero-order valence-corrected chi connectivity index (χ0v) is 7.23. The standard InChI is InChI=1S/C9H7N3O2/c1-2-8(13)14-7-3-6-4-11-12-9(6)10-5-7/h2-5H,1H2,(H,10,11,12). The minimum atomic E-state index is -0.505. The second kappa shape index (κ2) is 3.29. The van der Waals surface area contributed by atoms with Crippen molar-refractivity contribution >= 4 is 17.0 Å². The van der Waals surface area contributed by atoms with Crippen LogP contribution in [0.4, 0.5) is 0 Å². The van der Waals surface area contributed by atoms with Crippen LogP contribution < -0.4 is 4.74 Å². The average molecular weight is 189 g/mol. The number of nitrogens with one attached hydrogen (secondary N) is 1. The van der Waals surface area contributed by atoms with Crippen molar-refractivity contribution in [1.82, 2.24) is 15.2 Å². The van der Waals surface area contributed by atoms with Gasteiger partial charge in [0.15, 0.2) is 5.65 Å². The number of carbonyl (C=O) groups excluding carboxylic acids is 1. The van der Waals surface area contributed by atoms with Gasteiger partial charge in [-0.1, -0.05) is 6.58 Å². The molecule has 2 aromatic heterocycles. The molecule has 14 heavy (non-hydrogen) atoms. The zero-order valence-electron chi connectivity index (χ0n) is 7.23. The summed E-state index contributed by atoms with van der Waals surface area (Å²) in [5, 5.41) is 7.28. The molecule has 5 nitrogen and oxygen atoms in total.